The van der Waals surface area contributed by atoms with Gasteiger partial charge in [-0.05, 0) is 55.2 Å². The summed E-state index contributed by atoms with van der Waals surface area (Å²) in [7, 11) is 0. The number of ether oxygens (including phenoxy) is 3. The van der Waals surface area contributed by atoms with Crippen LogP contribution in [0.15, 0.2) is 49.7 Å². The van der Waals surface area contributed by atoms with E-state index in [1.165, 1.54) is 4.90 Å². The number of fused-ring (bicyclic) bond motifs is 1. The van der Waals surface area contributed by atoms with Crippen LogP contribution in [0, 0.1) is 11.3 Å². The molecule has 2 fully saturated rings. The van der Waals surface area contributed by atoms with Crippen LogP contribution in [0.5, 0.6) is 5.88 Å². The Morgan fingerprint density at radius 2 is 1.93 bits per heavy atom. The van der Waals surface area contributed by atoms with Gasteiger partial charge >= 0.3 is 12.1 Å². The summed E-state index contributed by atoms with van der Waals surface area (Å²) in [5.74, 6) is -0.440. The summed E-state index contributed by atoms with van der Waals surface area (Å²) < 4.78 is 17.2. The van der Waals surface area contributed by atoms with E-state index in [-0.39, 0.29) is 43.4 Å². The van der Waals surface area contributed by atoms with Crippen molar-refractivity contribution in [2.45, 2.75) is 77.5 Å². The van der Waals surface area contributed by atoms with Crippen molar-refractivity contribution < 1.29 is 28.6 Å². The average Bonchev–Trinajstić information content (AvgIpc) is 3.65. The lowest BCUT2D eigenvalue weighted by atomic mass is 9.91. The summed E-state index contributed by atoms with van der Waals surface area (Å²) in [6.45, 7) is 13.9. The SMILES string of the molecule is C=CCC(C)(C)COC(=O)N[C@H](C(=O)N1C[C@H](Oc2nccc3ccc(C=C)cc23)C[C@H]1C(=O)OCC)C1CCCC1. The van der Waals surface area contributed by atoms with Gasteiger partial charge in [-0.25, -0.2) is 14.6 Å². The van der Waals surface area contributed by atoms with Gasteiger partial charge in [-0.3, -0.25) is 4.79 Å². The van der Waals surface area contributed by atoms with Crippen molar-refractivity contribution in [2.24, 2.45) is 11.3 Å². The summed E-state index contributed by atoms with van der Waals surface area (Å²) in [6, 6.07) is 6.14. The lowest BCUT2D eigenvalue weighted by Gasteiger charge is -2.31. The number of esters is 1. The van der Waals surface area contributed by atoms with Gasteiger partial charge < -0.3 is 24.4 Å². The van der Waals surface area contributed by atoms with Gasteiger partial charge in [0.25, 0.3) is 0 Å². The number of alkyl carbamates (subject to hydrolysis) is 1. The Morgan fingerprint density at radius 3 is 2.62 bits per heavy atom. The minimum Gasteiger partial charge on any atom is -0.472 e. The zero-order valence-electron chi connectivity index (χ0n) is 25.0. The zero-order chi connectivity index (χ0) is 30.3. The zero-order valence-corrected chi connectivity index (χ0v) is 25.0. The molecule has 3 atom stereocenters. The second kappa shape index (κ2) is 13.9. The van der Waals surface area contributed by atoms with Gasteiger partial charge in [0.1, 0.15) is 18.2 Å². The highest BCUT2D eigenvalue weighted by Crippen LogP contribution is 2.33. The molecule has 0 unspecified atom stereocenters. The van der Waals surface area contributed by atoms with Crippen LogP contribution in [0.3, 0.4) is 0 Å². The van der Waals surface area contributed by atoms with Crippen LogP contribution < -0.4 is 10.1 Å². The van der Waals surface area contributed by atoms with Gasteiger partial charge in [-0.1, -0.05) is 57.6 Å². The molecule has 2 amide bonds. The Balaban J connectivity index is 1.55. The largest absolute Gasteiger partial charge is 0.472 e. The van der Waals surface area contributed by atoms with E-state index in [4.69, 9.17) is 14.2 Å². The lowest BCUT2D eigenvalue weighted by Crippen LogP contribution is -2.55. The first-order valence-electron chi connectivity index (χ1n) is 14.8. The van der Waals surface area contributed by atoms with E-state index in [0.29, 0.717) is 12.3 Å². The van der Waals surface area contributed by atoms with Crippen molar-refractivity contribution in [2.75, 3.05) is 19.8 Å². The Hall–Kier alpha value is -3.88. The molecule has 1 aromatic heterocycles. The minimum atomic E-state index is -0.839. The monoisotopic (exact) mass is 577 g/mol. The van der Waals surface area contributed by atoms with Crippen molar-refractivity contribution in [1.82, 2.24) is 15.2 Å². The maximum absolute atomic E-state index is 14.1. The highest BCUT2D eigenvalue weighted by molar-refractivity contribution is 5.91. The topological polar surface area (TPSA) is 107 Å². The van der Waals surface area contributed by atoms with Crippen molar-refractivity contribution >= 4 is 34.8 Å². The van der Waals surface area contributed by atoms with Gasteiger partial charge in [0.2, 0.25) is 11.8 Å². The summed E-state index contributed by atoms with van der Waals surface area (Å²) in [5, 5.41) is 4.63. The lowest BCUT2D eigenvalue weighted by molar-refractivity contribution is -0.154. The van der Waals surface area contributed by atoms with Crippen molar-refractivity contribution in [3.8, 4) is 5.88 Å². The van der Waals surface area contributed by atoms with E-state index in [9.17, 15) is 14.4 Å². The number of aromatic nitrogens is 1. The van der Waals surface area contributed by atoms with Crippen LogP contribution in [-0.2, 0) is 19.1 Å². The van der Waals surface area contributed by atoms with Gasteiger partial charge in [0.05, 0.1) is 19.8 Å². The number of pyridine rings is 1. The third kappa shape index (κ3) is 7.49. The molecular formula is C33H43N3O6. The molecule has 0 bridgehead atoms. The number of nitrogens with one attached hydrogen (secondary N) is 1. The van der Waals surface area contributed by atoms with Crippen molar-refractivity contribution in [3.63, 3.8) is 0 Å². The first kappa shape index (κ1) is 31.1. The molecule has 9 heteroatoms. The molecule has 0 spiro atoms. The number of allylic oxidation sites excluding steroid dienone is 1. The van der Waals surface area contributed by atoms with E-state index >= 15 is 0 Å². The van der Waals surface area contributed by atoms with E-state index in [2.05, 4.69) is 23.5 Å². The predicted molar refractivity (Wildman–Crippen MR) is 162 cm³/mol. The highest BCUT2D eigenvalue weighted by atomic mass is 16.6. The molecule has 9 nitrogen and oxygen atoms in total. The number of amides is 2. The van der Waals surface area contributed by atoms with E-state index in [0.717, 1.165) is 42.0 Å². The highest BCUT2D eigenvalue weighted by Gasteiger charge is 2.46. The normalized spacial score (nSPS) is 19.7. The summed E-state index contributed by atoms with van der Waals surface area (Å²) in [4.78, 5) is 46.1. The summed E-state index contributed by atoms with van der Waals surface area (Å²) >= 11 is 0. The molecule has 2 aromatic rings. The molecule has 1 N–H and O–H groups in total. The first-order chi connectivity index (χ1) is 20.2. The Morgan fingerprint density at radius 1 is 1.17 bits per heavy atom. The molecule has 0 radical (unpaired) electrons. The third-order valence-electron chi connectivity index (χ3n) is 8.07. The van der Waals surface area contributed by atoms with Crippen LogP contribution in [0.4, 0.5) is 4.79 Å². The van der Waals surface area contributed by atoms with Crippen LogP contribution in [-0.4, -0.2) is 65.8 Å². The molecule has 226 valence electrons. The van der Waals surface area contributed by atoms with Crippen molar-refractivity contribution in [1.29, 1.82) is 0 Å². The fourth-order valence-electron chi connectivity index (χ4n) is 5.86. The molecule has 1 aliphatic carbocycles. The van der Waals surface area contributed by atoms with Gasteiger partial charge in [0.15, 0.2) is 0 Å². The van der Waals surface area contributed by atoms with E-state index in [1.807, 2.05) is 38.1 Å². The summed E-state index contributed by atoms with van der Waals surface area (Å²) in [6.07, 6.45) is 8.58. The quantitative estimate of drug-likeness (QED) is 0.256. The number of likely N-dealkylation sites (tertiary alicyclic amines) is 1. The smallest absolute Gasteiger partial charge is 0.407 e. The van der Waals surface area contributed by atoms with Crippen LogP contribution >= 0.6 is 0 Å². The maximum Gasteiger partial charge on any atom is 0.407 e. The Kier molecular flexibility index (Phi) is 10.2. The number of carbonyl (C=O) groups excluding carboxylic acids is 3. The second-order valence-electron chi connectivity index (χ2n) is 11.9. The number of nitrogens with zero attached hydrogens (tertiary/aromatic N) is 2. The molecule has 1 aromatic carbocycles. The number of hydrogen-bond donors (Lipinski definition) is 1. The molecule has 1 aliphatic heterocycles. The average molecular weight is 578 g/mol. The first-order valence-corrected chi connectivity index (χ1v) is 14.8. The summed E-state index contributed by atoms with van der Waals surface area (Å²) in [5.41, 5.74) is 0.654. The standard InChI is InChI=1S/C33H43N3O6/c1-6-16-33(4,5)21-41-32(39)35-28(24-11-9-10-12-24)30(37)36-20-25(19-27(36)31(38)40-8-3)42-29-26-18-22(7-2)13-14-23(26)15-17-34-29/h6-7,13-15,17-18,24-25,27-28H,1-2,8-12,16,19-21H2,3-5H3,(H,35,39)/t25-,27+,28+/m1/s1. The molecule has 1 saturated heterocycles. The van der Waals surface area contributed by atoms with Crippen molar-refractivity contribution in [3.05, 3.63) is 55.3 Å². The van der Waals surface area contributed by atoms with Gasteiger partial charge in [-0.15, -0.1) is 6.58 Å². The fraction of sp³-hybridized carbons (Fsp3) is 0.515. The molecule has 4 rings (SSSR count). The number of carbonyl (C=O) groups is 3. The number of rotatable bonds is 12. The number of benzene rings is 1. The van der Waals surface area contributed by atoms with E-state index in [1.54, 1.807) is 25.3 Å². The second-order valence-corrected chi connectivity index (χ2v) is 11.9. The molecule has 1 saturated carbocycles. The van der Waals surface area contributed by atoms with Crippen LogP contribution in [0.2, 0.25) is 0 Å². The van der Waals surface area contributed by atoms with Crippen LogP contribution in [0.25, 0.3) is 16.8 Å². The molecule has 2 aliphatic rings. The van der Waals surface area contributed by atoms with Gasteiger partial charge in [0, 0.05) is 23.4 Å². The minimum absolute atomic E-state index is 0.0499. The third-order valence-corrected chi connectivity index (χ3v) is 8.07. The van der Waals surface area contributed by atoms with E-state index < -0.39 is 30.3 Å². The molecule has 42 heavy (non-hydrogen) atoms. The number of hydrogen-bond acceptors (Lipinski definition) is 7. The van der Waals surface area contributed by atoms with Crippen LogP contribution in [0.1, 0.15) is 64.9 Å². The Bertz CT molecular complexity index is 1300. The fourth-order valence-corrected chi connectivity index (χ4v) is 5.86. The molecule has 2 heterocycles. The predicted octanol–water partition coefficient (Wildman–Crippen LogP) is 5.68. The Labute approximate surface area is 248 Å². The molecular weight excluding hydrogens is 534 g/mol. The van der Waals surface area contributed by atoms with Gasteiger partial charge in [-0.2, -0.15) is 0 Å². The maximum atomic E-state index is 14.1.